The Bertz CT molecular complexity index is 681. The summed E-state index contributed by atoms with van der Waals surface area (Å²) in [6.07, 6.45) is -3.18. The fourth-order valence-corrected chi connectivity index (χ4v) is 2.00. The van der Waals surface area contributed by atoms with Crippen LogP contribution in [0.15, 0.2) is 6.20 Å². The third-order valence-electron chi connectivity index (χ3n) is 3.17. The molecule has 0 saturated heterocycles. The van der Waals surface area contributed by atoms with E-state index in [-0.39, 0.29) is 24.0 Å². The molecule has 0 saturated carbocycles. The number of rotatable bonds is 5. The molecule has 0 fully saturated rings. The first-order valence-corrected chi connectivity index (χ1v) is 7.34. The molecule has 0 spiro atoms. The van der Waals surface area contributed by atoms with Gasteiger partial charge in [-0.25, -0.2) is 0 Å². The second kappa shape index (κ2) is 6.62. The SMILES string of the molecule is CC(C)c1nc(NCc2cn(C)nc2C(F)(F)F)nc(N(C)C)n1. The summed E-state index contributed by atoms with van der Waals surface area (Å²) < 4.78 is 40.1. The Hall–Kier alpha value is -2.39. The first kappa shape index (κ1) is 18.0. The lowest BCUT2D eigenvalue weighted by Crippen LogP contribution is -2.18. The van der Waals surface area contributed by atoms with Gasteiger partial charge in [-0.2, -0.15) is 33.2 Å². The molecule has 0 amide bonds. The van der Waals surface area contributed by atoms with E-state index in [4.69, 9.17) is 0 Å². The molecule has 132 valence electrons. The summed E-state index contributed by atoms with van der Waals surface area (Å²) in [6.45, 7) is 3.78. The van der Waals surface area contributed by atoms with Crippen LogP contribution in [0.25, 0.3) is 0 Å². The summed E-state index contributed by atoms with van der Waals surface area (Å²) in [7, 11) is 5.01. The Morgan fingerprint density at radius 3 is 2.42 bits per heavy atom. The Morgan fingerprint density at radius 1 is 1.21 bits per heavy atom. The highest BCUT2D eigenvalue weighted by molar-refractivity contribution is 5.37. The maximum Gasteiger partial charge on any atom is 0.435 e. The molecule has 0 aliphatic carbocycles. The van der Waals surface area contributed by atoms with E-state index in [0.717, 1.165) is 4.68 Å². The number of hydrogen-bond donors (Lipinski definition) is 1. The zero-order chi connectivity index (χ0) is 18.1. The molecular weight excluding hydrogens is 323 g/mol. The molecule has 7 nitrogen and oxygen atoms in total. The molecule has 24 heavy (non-hydrogen) atoms. The van der Waals surface area contributed by atoms with Gasteiger partial charge >= 0.3 is 6.18 Å². The van der Waals surface area contributed by atoms with Crippen LogP contribution in [-0.4, -0.2) is 38.8 Å². The average Bonchev–Trinajstić information content (AvgIpc) is 2.86. The Kier molecular flexibility index (Phi) is 4.95. The summed E-state index contributed by atoms with van der Waals surface area (Å²) in [5, 5.41) is 6.31. The number of halogens is 3. The number of nitrogens with one attached hydrogen (secondary N) is 1. The van der Waals surface area contributed by atoms with Gasteiger partial charge in [0.1, 0.15) is 5.82 Å². The molecule has 1 N–H and O–H groups in total. The maximum atomic E-state index is 13.0. The molecule has 0 aliphatic heterocycles. The topological polar surface area (TPSA) is 71.8 Å². The molecule has 2 rings (SSSR count). The highest BCUT2D eigenvalue weighted by Gasteiger charge is 2.36. The van der Waals surface area contributed by atoms with Crippen molar-refractivity contribution in [3.05, 3.63) is 23.3 Å². The van der Waals surface area contributed by atoms with Crippen molar-refractivity contribution < 1.29 is 13.2 Å². The second-order valence-electron chi connectivity index (χ2n) is 5.89. The number of aryl methyl sites for hydroxylation is 1. The smallest absolute Gasteiger partial charge is 0.350 e. The molecule has 0 unspecified atom stereocenters. The van der Waals surface area contributed by atoms with Gasteiger partial charge in [-0.3, -0.25) is 4.68 Å². The van der Waals surface area contributed by atoms with Crippen LogP contribution in [0.2, 0.25) is 0 Å². The number of alkyl halides is 3. The van der Waals surface area contributed by atoms with Gasteiger partial charge in [0, 0.05) is 45.4 Å². The van der Waals surface area contributed by atoms with E-state index in [9.17, 15) is 13.2 Å². The molecule has 0 aliphatic rings. The van der Waals surface area contributed by atoms with Crippen molar-refractivity contribution in [2.75, 3.05) is 24.3 Å². The number of anilines is 2. The predicted molar refractivity (Wildman–Crippen MR) is 83.8 cm³/mol. The normalized spacial score (nSPS) is 11.9. The first-order chi connectivity index (χ1) is 11.1. The number of hydrogen-bond acceptors (Lipinski definition) is 6. The van der Waals surface area contributed by atoms with E-state index >= 15 is 0 Å². The average molecular weight is 343 g/mol. The van der Waals surface area contributed by atoms with Crippen molar-refractivity contribution >= 4 is 11.9 Å². The third-order valence-corrected chi connectivity index (χ3v) is 3.17. The lowest BCUT2D eigenvalue weighted by atomic mass is 10.2. The van der Waals surface area contributed by atoms with Crippen LogP contribution in [0.3, 0.4) is 0 Å². The van der Waals surface area contributed by atoms with Crippen LogP contribution in [0, 0.1) is 0 Å². The van der Waals surface area contributed by atoms with Crippen molar-refractivity contribution in [2.24, 2.45) is 7.05 Å². The van der Waals surface area contributed by atoms with E-state index in [1.165, 1.54) is 13.2 Å². The van der Waals surface area contributed by atoms with Crippen molar-refractivity contribution in [3.63, 3.8) is 0 Å². The van der Waals surface area contributed by atoms with Crippen molar-refractivity contribution in [2.45, 2.75) is 32.5 Å². The Morgan fingerprint density at radius 2 is 1.88 bits per heavy atom. The second-order valence-corrected chi connectivity index (χ2v) is 5.89. The highest BCUT2D eigenvalue weighted by Crippen LogP contribution is 2.30. The van der Waals surface area contributed by atoms with E-state index in [1.807, 2.05) is 13.8 Å². The van der Waals surface area contributed by atoms with E-state index < -0.39 is 11.9 Å². The van der Waals surface area contributed by atoms with Crippen LogP contribution < -0.4 is 10.2 Å². The summed E-state index contributed by atoms with van der Waals surface area (Å²) in [5.74, 6) is 1.31. The standard InChI is InChI=1S/C14H20F3N7/c1-8(2)11-19-12(21-13(20-11)23(3)4)18-6-9-7-24(5)22-10(9)14(15,16)17/h7-8H,6H2,1-5H3,(H,18,19,20,21). The monoisotopic (exact) mass is 343 g/mol. The fourth-order valence-electron chi connectivity index (χ4n) is 2.00. The zero-order valence-electron chi connectivity index (χ0n) is 14.2. The minimum absolute atomic E-state index is 0.0305. The van der Waals surface area contributed by atoms with Crippen molar-refractivity contribution in [1.29, 1.82) is 0 Å². The van der Waals surface area contributed by atoms with Crippen LogP contribution in [-0.2, 0) is 19.8 Å². The van der Waals surface area contributed by atoms with Gasteiger partial charge in [0.2, 0.25) is 11.9 Å². The molecule has 0 bridgehead atoms. The summed E-state index contributed by atoms with van der Waals surface area (Å²) in [4.78, 5) is 14.5. The Balaban J connectivity index is 2.26. The van der Waals surface area contributed by atoms with E-state index in [0.29, 0.717) is 11.8 Å². The van der Waals surface area contributed by atoms with E-state index in [2.05, 4.69) is 25.4 Å². The molecule has 0 radical (unpaired) electrons. The maximum absolute atomic E-state index is 13.0. The summed E-state index contributed by atoms with van der Waals surface area (Å²) >= 11 is 0. The molecule has 0 atom stereocenters. The van der Waals surface area contributed by atoms with Gasteiger partial charge in [-0.05, 0) is 0 Å². The molecular formula is C14H20F3N7. The van der Waals surface area contributed by atoms with Crippen LogP contribution >= 0.6 is 0 Å². The number of aromatic nitrogens is 5. The molecule has 10 heteroatoms. The lowest BCUT2D eigenvalue weighted by Gasteiger charge is -2.15. The lowest BCUT2D eigenvalue weighted by molar-refractivity contribution is -0.142. The largest absolute Gasteiger partial charge is 0.435 e. The first-order valence-electron chi connectivity index (χ1n) is 7.34. The minimum Gasteiger partial charge on any atom is -0.350 e. The number of nitrogens with zero attached hydrogens (tertiary/aromatic N) is 6. The Labute approximate surface area is 137 Å². The minimum atomic E-state index is -4.50. The van der Waals surface area contributed by atoms with Crippen molar-refractivity contribution in [1.82, 2.24) is 24.7 Å². The summed E-state index contributed by atoms with van der Waals surface area (Å²) in [5.41, 5.74) is -0.883. The van der Waals surface area contributed by atoms with E-state index in [1.54, 1.807) is 19.0 Å². The predicted octanol–water partition coefficient (Wildman–Crippen LogP) is 2.43. The fraction of sp³-hybridized carbons (Fsp3) is 0.571. The van der Waals surface area contributed by atoms with Gasteiger partial charge < -0.3 is 10.2 Å². The van der Waals surface area contributed by atoms with Gasteiger partial charge in [0.05, 0.1) is 0 Å². The van der Waals surface area contributed by atoms with Gasteiger partial charge in [0.15, 0.2) is 5.69 Å². The van der Waals surface area contributed by atoms with Crippen LogP contribution in [0.4, 0.5) is 25.1 Å². The van der Waals surface area contributed by atoms with Crippen LogP contribution in [0.1, 0.15) is 36.8 Å². The highest BCUT2D eigenvalue weighted by atomic mass is 19.4. The zero-order valence-corrected chi connectivity index (χ0v) is 14.2. The van der Waals surface area contributed by atoms with Crippen molar-refractivity contribution in [3.8, 4) is 0 Å². The quantitative estimate of drug-likeness (QED) is 0.899. The third kappa shape index (κ3) is 4.12. The summed E-state index contributed by atoms with van der Waals surface area (Å²) in [6, 6.07) is 0. The van der Waals surface area contributed by atoms with Crippen LogP contribution in [0.5, 0.6) is 0 Å². The molecule has 0 aromatic carbocycles. The molecule has 2 aromatic rings. The van der Waals surface area contributed by atoms with Gasteiger partial charge in [-0.15, -0.1) is 0 Å². The molecule has 2 heterocycles. The van der Waals surface area contributed by atoms with Gasteiger partial charge in [-0.1, -0.05) is 13.8 Å². The molecule has 2 aromatic heterocycles. The van der Waals surface area contributed by atoms with Gasteiger partial charge in [0.25, 0.3) is 0 Å².